The minimum absolute atomic E-state index is 0.273. The van der Waals surface area contributed by atoms with E-state index in [1.165, 1.54) is 22.0 Å². The van der Waals surface area contributed by atoms with Crippen LogP contribution < -0.4 is 0 Å². The van der Waals surface area contributed by atoms with E-state index in [-0.39, 0.29) is 5.41 Å². The molecule has 0 heterocycles. The monoisotopic (exact) mass is 223 g/mol. The third-order valence-electron chi connectivity index (χ3n) is 2.75. The molecule has 0 atom stereocenters. The maximum Gasteiger partial charge on any atom is 0.154 e. The summed E-state index contributed by atoms with van der Waals surface area (Å²) < 4.78 is 0. The van der Waals surface area contributed by atoms with E-state index in [4.69, 9.17) is 0 Å². The van der Waals surface area contributed by atoms with Crippen LogP contribution in [0.15, 0.2) is 29.2 Å². The first-order valence-electron chi connectivity index (χ1n) is 5.77. The maximum atomic E-state index is 2.32. The van der Waals surface area contributed by atoms with E-state index in [0.717, 1.165) is 0 Å². The van der Waals surface area contributed by atoms with E-state index in [1.54, 1.807) is 0 Å². The molecule has 1 heteroatoms. The molecule has 0 saturated carbocycles. The molecule has 0 radical (unpaired) electrons. The molecule has 0 fully saturated rings. The molecule has 0 N–H and O–H groups in total. The molecule has 0 aliphatic heterocycles. The zero-order valence-electron chi connectivity index (χ0n) is 10.6. The van der Waals surface area contributed by atoms with E-state index < -0.39 is 0 Å². The normalized spacial score (nSPS) is 12.1. The first kappa shape index (κ1) is 12.6. The molecule has 0 amide bonds. The maximum absolute atomic E-state index is 2.32. The molecule has 1 aromatic rings. The van der Waals surface area contributed by atoms with Gasteiger partial charge in [0.1, 0.15) is 11.5 Å². The highest BCUT2D eigenvalue weighted by Gasteiger charge is 2.18. The minimum Gasteiger partial charge on any atom is -0.0561 e. The molecule has 15 heavy (non-hydrogen) atoms. The summed E-state index contributed by atoms with van der Waals surface area (Å²) in [7, 11) is 0.463. The van der Waals surface area contributed by atoms with E-state index in [1.807, 2.05) is 0 Å². The second-order valence-electron chi connectivity index (χ2n) is 4.84. The predicted octanol–water partition coefficient (Wildman–Crippen LogP) is 4.00. The minimum atomic E-state index is 0.273. The topological polar surface area (TPSA) is 0 Å². The van der Waals surface area contributed by atoms with Gasteiger partial charge in [-0.25, -0.2) is 0 Å². The molecule has 0 nitrogen and oxygen atoms in total. The van der Waals surface area contributed by atoms with Gasteiger partial charge in [0.25, 0.3) is 0 Å². The molecule has 1 aromatic carbocycles. The molecule has 84 valence electrons. The summed E-state index contributed by atoms with van der Waals surface area (Å²) in [4.78, 5) is 1.52. The van der Waals surface area contributed by atoms with E-state index in [2.05, 4.69) is 58.9 Å². The SMILES string of the molecule is CC[S+](CC)c1ccc(C(C)(C)C)cc1. The van der Waals surface area contributed by atoms with E-state index >= 15 is 0 Å². The highest BCUT2D eigenvalue weighted by Crippen LogP contribution is 2.24. The molecule has 1 rings (SSSR count). The van der Waals surface area contributed by atoms with Crippen LogP contribution in [-0.4, -0.2) is 11.5 Å². The highest BCUT2D eigenvalue weighted by atomic mass is 32.2. The van der Waals surface area contributed by atoms with Gasteiger partial charge in [0.2, 0.25) is 0 Å². The van der Waals surface area contributed by atoms with Gasteiger partial charge in [-0.15, -0.1) is 0 Å². The molecule has 0 aromatic heterocycles. The summed E-state index contributed by atoms with van der Waals surface area (Å²) in [6.07, 6.45) is 0. The largest absolute Gasteiger partial charge is 0.154 e. The Morgan fingerprint density at radius 3 is 1.73 bits per heavy atom. The lowest BCUT2D eigenvalue weighted by Gasteiger charge is -2.18. The fourth-order valence-corrected chi connectivity index (χ4v) is 3.28. The summed E-state index contributed by atoms with van der Waals surface area (Å²) >= 11 is 0. The van der Waals surface area contributed by atoms with Crippen molar-refractivity contribution in [1.82, 2.24) is 0 Å². The Hall–Kier alpha value is -0.430. The van der Waals surface area contributed by atoms with Gasteiger partial charge < -0.3 is 0 Å². The standard InChI is InChI=1S/C14H23S/c1-6-15(7-2)13-10-8-12(9-11-13)14(3,4)5/h8-11H,6-7H2,1-5H3/q+1. The lowest BCUT2D eigenvalue weighted by atomic mass is 9.87. The Morgan fingerprint density at radius 1 is 0.933 bits per heavy atom. The van der Waals surface area contributed by atoms with Crippen molar-refractivity contribution in [1.29, 1.82) is 0 Å². The van der Waals surface area contributed by atoms with Gasteiger partial charge in [-0.05, 0) is 37.0 Å². The zero-order chi connectivity index (χ0) is 11.5. The molecule has 0 spiro atoms. The first-order valence-corrected chi connectivity index (χ1v) is 7.33. The second kappa shape index (κ2) is 5.07. The summed E-state index contributed by atoms with van der Waals surface area (Å²) in [5.41, 5.74) is 1.71. The second-order valence-corrected chi connectivity index (χ2v) is 7.46. The fourth-order valence-electron chi connectivity index (χ4n) is 1.68. The summed E-state index contributed by atoms with van der Waals surface area (Å²) in [6.45, 7) is 11.4. The quantitative estimate of drug-likeness (QED) is 0.679. The van der Waals surface area contributed by atoms with Gasteiger partial charge in [0.15, 0.2) is 4.90 Å². The smallest absolute Gasteiger partial charge is 0.0561 e. The zero-order valence-corrected chi connectivity index (χ0v) is 11.4. The Morgan fingerprint density at radius 2 is 1.40 bits per heavy atom. The van der Waals surface area contributed by atoms with Crippen molar-refractivity contribution in [3.8, 4) is 0 Å². The Kier molecular flexibility index (Phi) is 4.27. The summed E-state index contributed by atoms with van der Waals surface area (Å²) in [6, 6.07) is 9.22. The van der Waals surface area contributed by atoms with Crippen LogP contribution in [0, 0.1) is 0 Å². The van der Waals surface area contributed by atoms with Crippen LogP contribution in [0.3, 0.4) is 0 Å². The van der Waals surface area contributed by atoms with Crippen LogP contribution in [0.25, 0.3) is 0 Å². The van der Waals surface area contributed by atoms with Crippen molar-refractivity contribution in [2.45, 2.75) is 44.9 Å². The van der Waals surface area contributed by atoms with Crippen molar-refractivity contribution < 1.29 is 0 Å². The Bertz CT molecular complexity index is 288. The molecule has 0 aliphatic carbocycles. The molecule has 0 aliphatic rings. The van der Waals surface area contributed by atoms with Crippen LogP contribution in [0.1, 0.15) is 40.2 Å². The Balaban J connectivity index is 2.89. The fraction of sp³-hybridized carbons (Fsp3) is 0.571. The van der Waals surface area contributed by atoms with Crippen molar-refractivity contribution in [2.75, 3.05) is 11.5 Å². The van der Waals surface area contributed by atoms with Crippen LogP contribution in [0.4, 0.5) is 0 Å². The molecule has 0 unspecified atom stereocenters. The van der Waals surface area contributed by atoms with Crippen LogP contribution in [0.5, 0.6) is 0 Å². The van der Waals surface area contributed by atoms with Crippen molar-refractivity contribution in [3.63, 3.8) is 0 Å². The number of rotatable bonds is 3. The third kappa shape index (κ3) is 3.27. The van der Waals surface area contributed by atoms with Crippen LogP contribution >= 0.6 is 0 Å². The van der Waals surface area contributed by atoms with Crippen LogP contribution in [-0.2, 0) is 16.3 Å². The van der Waals surface area contributed by atoms with Gasteiger partial charge in [-0.1, -0.05) is 32.9 Å². The first-order chi connectivity index (χ1) is 6.99. The van der Waals surface area contributed by atoms with E-state index in [9.17, 15) is 0 Å². The van der Waals surface area contributed by atoms with Gasteiger partial charge in [-0.3, -0.25) is 0 Å². The lowest BCUT2D eigenvalue weighted by molar-refractivity contribution is 0.589. The number of benzene rings is 1. The average Bonchev–Trinajstić information content (AvgIpc) is 2.19. The molecule has 0 bridgehead atoms. The van der Waals surface area contributed by atoms with Crippen molar-refractivity contribution >= 4 is 10.9 Å². The lowest BCUT2D eigenvalue weighted by Crippen LogP contribution is -2.12. The number of hydrogen-bond acceptors (Lipinski definition) is 0. The predicted molar refractivity (Wildman–Crippen MR) is 71.9 cm³/mol. The average molecular weight is 223 g/mol. The Labute approximate surface area is 97.4 Å². The van der Waals surface area contributed by atoms with Crippen LogP contribution in [0.2, 0.25) is 0 Å². The van der Waals surface area contributed by atoms with Gasteiger partial charge in [-0.2, -0.15) is 0 Å². The van der Waals surface area contributed by atoms with Gasteiger partial charge >= 0.3 is 0 Å². The van der Waals surface area contributed by atoms with Crippen molar-refractivity contribution in [3.05, 3.63) is 29.8 Å². The molecule has 0 saturated heterocycles. The van der Waals surface area contributed by atoms with Gasteiger partial charge in [0, 0.05) is 10.9 Å². The van der Waals surface area contributed by atoms with E-state index in [0.29, 0.717) is 10.9 Å². The summed E-state index contributed by atoms with van der Waals surface area (Å²) in [5, 5.41) is 0. The van der Waals surface area contributed by atoms with Gasteiger partial charge in [0.05, 0.1) is 0 Å². The van der Waals surface area contributed by atoms with Crippen molar-refractivity contribution in [2.24, 2.45) is 0 Å². The summed E-state index contributed by atoms with van der Waals surface area (Å²) in [5.74, 6) is 2.54. The number of hydrogen-bond donors (Lipinski definition) is 0. The third-order valence-corrected chi connectivity index (χ3v) is 5.08. The highest BCUT2D eigenvalue weighted by molar-refractivity contribution is 7.96. The molecular formula is C14H23S+. The molecular weight excluding hydrogens is 200 g/mol.